The molecule has 0 aliphatic carbocycles. The van der Waals surface area contributed by atoms with E-state index in [2.05, 4.69) is 15.2 Å². The van der Waals surface area contributed by atoms with E-state index < -0.39 is 23.8 Å². The van der Waals surface area contributed by atoms with Crippen LogP contribution in [0.1, 0.15) is 5.56 Å². The fourth-order valence-electron chi connectivity index (χ4n) is 3.09. The van der Waals surface area contributed by atoms with E-state index in [4.69, 9.17) is 0 Å². The number of benzene rings is 1. The van der Waals surface area contributed by atoms with Gasteiger partial charge in [0.15, 0.2) is 5.82 Å². The Balaban J connectivity index is 1.78. The molecule has 2 aromatic heterocycles. The van der Waals surface area contributed by atoms with Crippen molar-refractivity contribution in [3.63, 3.8) is 0 Å². The Morgan fingerprint density at radius 1 is 1.18 bits per heavy atom. The summed E-state index contributed by atoms with van der Waals surface area (Å²) in [7, 11) is 0. The molecule has 0 saturated carbocycles. The number of urea groups is 1. The van der Waals surface area contributed by atoms with Gasteiger partial charge in [-0.25, -0.2) is 4.79 Å². The van der Waals surface area contributed by atoms with E-state index >= 15 is 0 Å². The fraction of sp³-hybridized carbons (Fsp3) is 0.167. The highest BCUT2D eigenvalue weighted by molar-refractivity contribution is 6.11. The van der Waals surface area contributed by atoms with E-state index in [-0.39, 0.29) is 12.4 Å². The number of rotatable bonds is 2. The number of fused-ring (bicyclic) bond motifs is 1. The minimum absolute atomic E-state index is 0.144. The van der Waals surface area contributed by atoms with Gasteiger partial charge in [-0.1, -0.05) is 24.3 Å². The number of carbonyl (C=O) groups is 1. The Bertz CT molecular complexity index is 1100. The summed E-state index contributed by atoms with van der Waals surface area (Å²) < 4.78 is 38.9. The zero-order valence-corrected chi connectivity index (χ0v) is 14.1. The molecule has 1 atom stereocenters. The lowest BCUT2D eigenvalue weighted by Gasteiger charge is -2.20. The molecule has 0 bridgehead atoms. The van der Waals surface area contributed by atoms with Gasteiger partial charge >= 0.3 is 12.2 Å². The second-order valence-corrected chi connectivity index (χ2v) is 6.09. The van der Waals surface area contributed by atoms with Crippen LogP contribution in [0, 0.1) is 11.3 Å². The van der Waals surface area contributed by atoms with Gasteiger partial charge in [-0.3, -0.25) is 14.8 Å². The lowest BCUT2D eigenvalue weighted by atomic mass is 10.1. The van der Waals surface area contributed by atoms with Crippen LogP contribution in [0.5, 0.6) is 0 Å². The molecule has 140 valence electrons. The summed E-state index contributed by atoms with van der Waals surface area (Å²) in [5.41, 5.74) is -0.624. The lowest BCUT2D eigenvalue weighted by molar-refractivity contribution is -0.137. The van der Waals surface area contributed by atoms with Crippen molar-refractivity contribution in [3.8, 4) is 6.07 Å². The maximum atomic E-state index is 13.0. The molecule has 3 aromatic rings. The number of hydrogen-bond donors (Lipinski definition) is 0. The van der Waals surface area contributed by atoms with Gasteiger partial charge in [0.2, 0.25) is 0 Å². The van der Waals surface area contributed by atoms with Crippen LogP contribution >= 0.6 is 0 Å². The smallest absolute Gasteiger partial charge is 0.273 e. The number of alkyl halides is 3. The molecule has 3 heterocycles. The summed E-state index contributed by atoms with van der Waals surface area (Å²) in [4.78, 5) is 19.3. The van der Waals surface area contributed by atoms with Crippen molar-refractivity contribution < 1.29 is 18.0 Å². The zero-order valence-electron chi connectivity index (χ0n) is 14.1. The van der Waals surface area contributed by atoms with E-state index in [0.29, 0.717) is 17.3 Å². The molecular weight excluding hydrogens is 373 g/mol. The SMILES string of the molecule is N#CC1CN(c2cc(C(F)(F)F)cnn2)C(=O)N1c1cncc2ccccc12. The van der Waals surface area contributed by atoms with Crippen LogP contribution in [-0.2, 0) is 6.18 Å². The molecular formula is C18H11F3N6O. The largest absolute Gasteiger partial charge is 0.418 e. The third kappa shape index (κ3) is 2.87. The first kappa shape index (κ1) is 17.7. The maximum Gasteiger partial charge on any atom is 0.418 e. The first-order valence-corrected chi connectivity index (χ1v) is 8.13. The van der Waals surface area contributed by atoms with Crippen molar-refractivity contribution in [1.82, 2.24) is 15.2 Å². The van der Waals surface area contributed by atoms with Crippen molar-refractivity contribution in [2.45, 2.75) is 12.2 Å². The molecule has 10 heteroatoms. The molecule has 0 radical (unpaired) electrons. The fourth-order valence-corrected chi connectivity index (χ4v) is 3.09. The molecule has 2 amide bonds. The van der Waals surface area contributed by atoms with Crippen LogP contribution in [0.3, 0.4) is 0 Å². The molecule has 0 N–H and O–H groups in total. The van der Waals surface area contributed by atoms with E-state index in [1.165, 1.54) is 11.1 Å². The number of aromatic nitrogens is 3. The Hall–Kier alpha value is -3.74. The first-order valence-electron chi connectivity index (χ1n) is 8.13. The molecule has 1 aliphatic heterocycles. The van der Waals surface area contributed by atoms with Crippen LogP contribution in [0.15, 0.2) is 48.9 Å². The number of hydrogen-bond acceptors (Lipinski definition) is 5. The molecule has 1 aromatic carbocycles. The minimum Gasteiger partial charge on any atom is -0.273 e. The highest BCUT2D eigenvalue weighted by atomic mass is 19.4. The molecule has 1 aliphatic rings. The van der Waals surface area contributed by atoms with Gasteiger partial charge in [0, 0.05) is 17.0 Å². The second kappa shape index (κ2) is 6.45. The van der Waals surface area contributed by atoms with Crippen LogP contribution in [0.2, 0.25) is 0 Å². The Kier molecular flexibility index (Phi) is 4.07. The van der Waals surface area contributed by atoms with Crippen molar-refractivity contribution in [3.05, 3.63) is 54.5 Å². The number of halogens is 3. The number of carbonyl (C=O) groups excluding carboxylic acids is 1. The first-order chi connectivity index (χ1) is 13.4. The summed E-state index contributed by atoms with van der Waals surface area (Å²) >= 11 is 0. The molecule has 7 nitrogen and oxygen atoms in total. The quantitative estimate of drug-likeness (QED) is 0.676. The zero-order chi connectivity index (χ0) is 19.9. The Morgan fingerprint density at radius 2 is 1.96 bits per heavy atom. The highest BCUT2D eigenvalue weighted by Gasteiger charge is 2.42. The Morgan fingerprint density at radius 3 is 2.71 bits per heavy atom. The predicted octanol–water partition coefficient (Wildman–Crippen LogP) is 3.38. The summed E-state index contributed by atoms with van der Waals surface area (Å²) in [6.45, 7) is -0.144. The maximum absolute atomic E-state index is 13.0. The lowest BCUT2D eigenvalue weighted by Crippen LogP contribution is -2.35. The van der Waals surface area contributed by atoms with Crippen LogP contribution < -0.4 is 9.80 Å². The monoisotopic (exact) mass is 384 g/mol. The summed E-state index contributed by atoms with van der Waals surface area (Å²) in [6, 6.07) is 8.35. The molecule has 28 heavy (non-hydrogen) atoms. The van der Waals surface area contributed by atoms with Gasteiger partial charge in [-0.2, -0.15) is 23.5 Å². The van der Waals surface area contributed by atoms with Crippen LogP contribution in [-0.4, -0.2) is 33.8 Å². The molecule has 1 saturated heterocycles. The predicted molar refractivity (Wildman–Crippen MR) is 93.4 cm³/mol. The van der Waals surface area contributed by atoms with Crippen molar-refractivity contribution >= 4 is 28.3 Å². The molecule has 1 unspecified atom stereocenters. The van der Waals surface area contributed by atoms with Crippen molar-refractivity contribution in [2.75, 3.05) is 16.3 Å². The topological polar surface area (TPSA) is 86.0 Å². The summed E-state index contributed by atoms with van der Waals surface area (Å²) in [6.07, 6.45) is -0.970. The van der Waals surface area contributed by atoms with Gasteiger partial charge in [-0.15, -0.1) is 5.10 Å². The van der Waals surface area contributed by atoms with Crippen LogP contribution in [0.25, 0.3) is 10.8 Å². The third-order valence-corrected chi connectivity index (χ3v) is 4.41. The number of nitriles is 1. The van der Waals surface area contributed by atoms with E-state index in [1.54, 1.807) is 18.3 Å². The van der Waals surface area contributed by atoms with Crippen molar-refractivity contribution in [1.29, 1.82) is 5.26 Å². The summed E-state index contributed by atoms with van der Waals surface area (Å²) in [5, 5.41) is 18.0. The van der Waals surface area contributed by atoms with Crippen LogP contribution in [0.4, 0.5) is 29.5 Å². The van der Waals surface area contributed by atoms with Gasteiger partial charge in [-0.05, 0) is 6.07 Å². The van der Waals surface area contributed by atoms with Gasteiger partial charge in [0.25, 0.3) is 0 Å². The van der Waals surface area contributed by atoms with Gasteiger partial charge < -0.3 is 0 Å². The van der Waals surface area contributed by atoms with Crippen molar-refractivity contribution in [2.24, 2.45) is 0 Å². The number of nitrogens with zero attached hydrogens (tertiary/aromatic N) is 6. The number of pyridine rings is 1. The standard InChI is InChI=1S/C18H11F3N6O/c19-18(20,21)12-5-16(25-24-8-12)26-10-13(6-22)27(17(26)28)15-9-23-7-11-3-1-2-4-14(11)15/h1-5,7-9,13H,10H2. The average Bonchev–Trinajstić information content (AvgIpc) is 3.03. The molecule has 4 rings (SSSR count). The van der Waals surface area contributed by atoms with Gasteiger partial charge in [0.05, 0.1) is 36.3 Å². The highest BCUT2D eigenvalue weighted by Crippen LogP contribution is 2.34. The molecule has 0 spiro atoms. The average molecular weight is 384 g/mol. The van der Waals surface area contributed by atoms with E-state index in [0.717, 1.165) is 16.4 Å². The summed E-state index contributed by atoms with van der Waals surface area (Å²) in [5.74, 6) is -0.268. The third-order valence-electron chi connectivity index (χ3n) is 4.41. The van der Waals surface area contributed by atoms with Gasteiger partial charge in [0.1, 0.15) is 6.04 Å². The Labute approximate surface area is 156 Å². The normalized spacial score (nSPS) is 17.2. The minimum atomic E-state index is -4.62. The van der Waals surface area contributed by atoms with E-state index in [1.807, 2.05) is 18.2 Å². The van der Waals surface area contributed by atoms with E-state index in [9.17, 15) is 23.2 Å². The molecule has 1 fully saturated rings. The number of amides is 2. The number of anilines is 2. The second-order valence-electron chi connectivity index (χ2n) is 6.09.